The SMILES string of the molecule is Cc1cc(N(C)C2CCN(C(=O)c3ccc(F)cc3Cl)CC2)ncn1. The van der Waals surface area contributed by atoms with Crippen LogP contribution in [0.5, 0.6) is 0 Å². The van der Waals surface area contributed by atoms with Crippen LogP contribution in [-0.2, 0) is 0 Å². The number of aryl methyl sites for hydroxylation is 1. The van der Waals surface area contributed by atoms with Crippen molar-refractivity contribution in [3.05, 3.63) is 52.7 Å². The minimum absolute atomic E-state index is 0.149. The second-order valence-corrected chi connectivity index (χ2v) is 6.68. The van der Waals surface area contributed by atoms with E-state index in [1.54, 1.807) is 11.2 Å². The summed E-state index contributed by atoms with van der Waals surface area (Å²) in [5.41, 5.74) is 1.27. The summed E-state index contributed by atoms with van der Waals surface area (Å²) in [7, 11) is 2.01. The number of piperidine rings is 1. The molecular weight excluding hydrogens is 343 g/mol. The van der Waals surface area contributed by atoms with Gasteiger partial charge in [-0.25, -0.2) is 14.4 Å². The Labute approximate surface area is 151 Å². The third-order valence-corrected chi connectivity index (χ3v) is 4.92. The van der Waals surface area contributed by atoms with E-state index in [-0.39, 0.29) is 10.9 Å². The van der Waals surface area contributed by atoms with Gasteiger partial charge in [-0.15, -0.1) is 0 Å². The first kappa shape index (κ1) is 17.6. The van der Waals surface area contributed by atoms with Crippen LogP contribution in [0.2, 0.25) is 5.02 Å². The summed E-state index contributed by atoms with van der Waals surface area (Å²) in [6.45, 7) is 3.20. The molecule has 1 fully saturated rings. The van der Waals surface area contributed by atoms with E-state index in [1.807, 2.05) is 20.0 Å². The van der Waals surface area contributed by atoms with Crippen LogP contribution in [0.1, 0.15) is 28.9 Å². The Morgan fingerprint density at radius 3 is 2.64 bits per heavy atom. The highest BCUT2D eigenvalue weighted by Gasteiger charge is 2.27. The van der Waals surface area contributed by atoms with Gasteiger partial charge in [-0.05, 0) is 38.0 Å². The van der Waals surface area contributed by atoms with Crippen molar-refractivity contribution in [1.82, 2.24) is 14.9 Å². The average molecular weight is 363 g/mol. The fraction of sp³-hybridized carbons (Fsp3) is 0.389. The molecule has 0 spiro atoms. The second-order valence-electron chi connectivity index (χ2n) is 6.28. The number of hydrogen-bond acceptors (Lipinski definition) is 4. The quantitative estimate of drug-likeness (QED) is 0.840. The number of aromatic nitrogens is 2. The average Bonchev–Trinajstić information content (AvgIpc) is 2.61. The van der Waals surface area contributed by atoms with Gasteiger partial charge in [-0.2, -0.15) is 0 Å². The number of amides is 1. The lowest BCUT2D eigenvalue weighted by Gasteiger charge is -2.37. The molecule has 0 N–H and O–H groups in total. The highest BCUT2D eigenvalue weighted by molar-refractivity contribution is 6.33. The molecule has 3 rings (SSSR count). The van der Waals surface area contributed by atoms with E-state index < -0.39 is 5.82 Å². The van der Waals surface area contributed by atoms with Gasteiger partial charge in [0, 0.05) is 37.9 Å². The van der Waals surface area contributed by atoms with E-state index in [4.69, 9.17) is 11.6 Å². The normalized spacial score (nSPS) is 15.3. The summed E-state index contributed by atoms with van der Waals surface area (Å²) < 4.78 is 13.2. The van der Waals surface area contributed by atoms with Crippen molar-refractivity contribution < 1.29 is 9.18 Å². The molecule has 0 aliphatic carbocycles. The van der Waals surface area contributed by atoms with E-state index in [2.05, 4.69) is 14.9 Å². The summed E-state index contributed by atoms with van der Waals surface area (Å²) in [5, 5.41) is 0.153. The van der Waals surface area contributed by atoms with Crippen molar-refractivity contribution in [2.45, 2.75) is 25.8 Å². The standard InChI is InChI=1S/C18H20ClFN4O/c1-12-9-17(22-11-21-12)23(2)14-5-7-24(8-6-14)18(25)15-4-3-13(20)10-16(15)19/h3-4,9-11,14H,5-8H2,1-2H3. The van der Waals surface area contributed by atoms with Gasteiger partial charge in [0.15, 0.2) is 0 Å². The summed E-state index contributed by atoms with van der Waals surface area (Å²) >= 11 is 6.01. The molecule has 2 aromatic rings. The number of hydrogen-bond donors (Lipinski definition) is 0. The van der Waals surface area contributed by atoms with E-state index in [9.17, 15) is 9.18 Å². The maximum absolute atomic E-state index is 13.2. The number of anilines is 1. The molecule has 7 heteroatoms. The van der Waals surface area contributed by atoms with Gasteiger partial charge in [0.1, 0.15) is 18.0 Å². The van der Waals surface area contributed by atoms with Gasteiger partial charge >= 0.3 is 0 Å². The lowest BCUT2D eigenvalue weighted by molar-refractivity contribution is 0.0713. The third-order valence-electron chi connectivity index (χ3n) is 4.61. The Bertz CT molecular complexity index is 777. The van der Waals surface area contributed by atoms with Gasteiger partial charge in [0.25, 0.3) is 5.91 Å². The molecule has 0 unspecified atom stereocenters. The highest BCUT2D eigenvalue weighted by atomic mass is 35.5. The molecule has 1 saturated heterocycles. The Morgan fingerprint density at radius 2 is 2.00 bits per heavy atom. The van der Waals surface area contributed by atoms with Gasteiger partial charge in [0.05, 0.1) is 10.6 Å². The van der Waals surface area contributed by atoms with Crippen LogP contribution in [0.15, 0.2) is 30.6 Å². The van der Waals surface area contributed by atoms with E-state index in [0.29, 0.717) is 24.7 Å². The summed E-state index contributed by atoms with van der Waals surface area (Å²) in [6.07, 6.45) is 3.24. The number of rotatable bonds is 3. The topological polar surface area (TPSA) is 49.3 Å². The van der Waals surface area contributed by atoms with Crippen LogP contribution in [0.4, 0.5) is 10.2 Å². The number of carbonyl (C=O) groups excluding carboxylic acids is 1. The van der Waals surface area contributed by atoms with Gasteiger partial charge in [-0.1, -0.05) is 11.6 Å². The zero-order valence-corrected chi connectivity index (χ0v) is 15.0. The molecule has 1 aromatic heterocycles. The molecule has 1 aliphatic rings. The Balaban J connectivity index is 1.64. The maximum atomic E-state index is 13.2. The molecule has 1 aliphatic heterocycles. The number of nitrogens with zero attached hydrogens (tertiary/aromatic N) is 4. The first-order valence-corrected chi connectivity index (χ1v) is 8.59. The molecule has 132 valence electrons. The summed E-state index contributed by atoms with van der Waals surface area (Å²) in [5.74, 6) is 0.296. The molecular formula is C18H20ClFN4O. The fourth-order valence-electron chi connectivity index (χ4n) is 3.11. The predicted octanol–water partition coefficient (Wildman–Crippen LogP) is 3.32. The molecule has 1 amide bonds. The minimum Gasteiger partial charge on any atom is -0.356 e. The minimum atomic E-state index is -0.443. The number of benzene rings is 1. The van der Waals surface area contributed by atoms with Crippen LogP contribution in [0.3, 0.4) is 0 Å². The van der Waals surface area contributed by atoms with Gasteiger partial charge in [-0.3, -0.25) is 4.79 Å². The van der Waals surface area contributed by atoms with Crippen LogP contribution in [0.25, 0.3) is 0 Å². The van der Waals surface area contributed by atoms with Crippen molar-refractivity contribution in [1.29, 1.82) is 0 Å². The molecule has 2 heterocycles. The smallest absolute Gasteiger partial charge is 0.255 e. The van der Waals surface area contributed by atoms with Crippen molar-refractivity contribution in [3.63, 3.8) is 0 Å². The van der Waals surface area contributed by atoms with Crippen molar-refractivity contribution in [2.75, 3.05) is 25.0 Å². The van der Waals surface area contributed by atoms with Crippen molar-refractivity contribution in [2.24, 2.45) is 0 Å². The largest absolute Gasteiger partial charge is 0.356 e. The zero-order chi connectivity index (χ0) is 18.0. The van der Waals surface area contributed by atoms with Gasteiger partial charge < -0.3 is 9.80 Å². The lowest BCUT2D eigenvalue weighted by atomic mass is 10.0. The Morgan fingerprint density at radius 1 is 1.28 bits per heavy atom. The number of halogens is 2. The number of likely N-dealkylation sites (tertiary alicyclic amines) is 1. The van der Waals surface area contributed by atoms with E-state index in [0.717, 1.165) is 24.4 Å². The molecule has 1 aromatic carbocycles. The van der Waals surface area contributed by atoms with Crippen LogP contribution in [-0.4, -0.2) is 47.0 Å². The molecule has 0 atom stereocenters. The molecule has 0 bridgehead atoms. The monoisotopic (exact) mass is 362 g/mol. The zero-order valence-electron chi connectivity index (χ0n) is 14.2. The molecule has 5 nitrogen and oxygen atoms in total. The first-order chi connectivity index (χ1) is 12.0. The lowest BCUT2D eigenvalue weighted by Crippen LogP contribution is -2.46. The van der Waals surface area contributed by atoms with Crippen molar-refractivity contribution in [3.8, 4) is 0 Å². The van der Waals surface area contributed by atoms with E-state index in [1.165, 1.54) is 18.2 Å². The Kier molecular flexibility index (Phi) is 5.18. The molecule has 25 heavy (non-hydrogen) atoms. The summed E-state index contributed by atoms with van der Waals surface area (Å²) in [6, 6.07) is 6.14. The molecule has 0 saturated carbocycles. The van der Waals surface area contributed by atoms with Crippen LogP contribution >= 0.6 is 11.6 Å². The number of carbonyl (C=O) groups is 1. The molecule has 0 radical (unpaired) electrons. The van der Waals surface area contributed by atoms with E-state index >= 15 is 0 Å². The fourth-order valence-corrected chi connectivity index (χ4v) is 3.36. The van der Waals surface area contributed by atoms with Crippen molar-refractivity contribution >= 4 is 23.3 Å². The summed E-state index contributed by atoms with van der Waals surface area (Å²) in [4.78, 5) is 25.0. The maximum Gasteiger partial charge on any atom is 0.255 e. The van der Waals surface area contributed by atoms with Crippen LogP contribution in [0, 0.1) is 12.7 Å². The first-order valence-electron chi connectivity index (χ1n) is 8.21. The Hall–Kier alpha value is -2.21. The van der Waals surface area contributed by atoms with Gasteiger partial charge in [0.2, 0.25) is 0 Å². The van der Waals surface area contributed by atoms with Crippen LogP contribution < -0.4 is 4.90 Å². The predicted molar refractivity (Wildman–Crippen MR) is 95.5 cm³/mol. The third kappa shape index (κ3) is 3.90. The highest BCUT2D eigenvalue weighted by Crippen LogP contribution is 2.24. The second kappa shape index (κ2) is 7.35.